The quantitative estimate of drug-likeness (QED) is 0.655. The van der Waals surface area contributed by atoms with Gasteiger partial charge in [-0.2, -0.15) is 0 Å². The summed E-state index contributed by atoms with van der Waals surface area (Å²) in [6, 6.07) is 5.40. The lowest BCUT2D eigenvalue weighted by atomic mass is 9.87. The molecule has 0 saturated carbocycles. The van der Waals surface area contributed by atoms with Crippen LogP contribution in [0, 0.1) is 5.41 Å². The molecule has 188 valence electrons. The number of hydrogen-bond acceptors (Lipinski definition) is 7. The number of ether oxygens (including phenoxy) is 1. The molecular weight excluding hydrogens is 450 g/mol. The molecule has 0 fully saturated rings. The smallest absolute Gasteiger partial charge is 0.337 e. The first-order chi connectivity index (χ1) is 16.5. The van der Waals surface area contributed by atoms with Gasteiger partial charge < -0.3 is 19.6 Å². The fraction of sp³-hybridized carbons (Fsp3) is 0.560. The summed E-state index contributed by atoms with van der Waals surface area (Å²) in [6.45, 7) is 9.19. The summed E-state index contributed by atoms with van der Waals surface area (Å²) in [4.78, 5) is 42.1. The fourth-order valence-electron chi connectivity index (χ4n) is 4.75. The van der Waals surface area contributed by atoms with E-state index in [-0.39, 0.29) is 25.0 Å². The van der Waals surface area contributed by atoms with Crippen molar-refractivity contribution in [2.45, 2.75) is 65.8 Å². The average Bonchev–Trinajstić information content (AvgIpc) is 3.28. The maximum atomic E-state index is 13.8. The molecule has 2 atom stereocenters. The van der Waals surface area contributed by atoms with Crippen molar-refractivity contribution in [1.82, 2.24) is 24.8 Å². The van der Waals surface area contributed by atoms with Crippen LogP contribution in [0.1, 0.15) is 66.5 Å². The van der Waals surface area contributed by atoms with Gasteiger partial charge >= 0.3 is 5.97 Å². The van der Waals surface area contributed by atoms with Crippen molar-refractivity contribution < 1.29 is 24.2 Å². The molecule has 1 N–H and O–H groups in total. The van der Waals surface area contributed by atoms with E-state index in [0.29, 0.717) is 37.3 Å². The summed E-state index contributed by atoms with van der Waals surface area (Å²) in [5.41, 5.74) is 3.19. The number of aliphatic hydroxyl groups excluding tert-OH is 1. The van der Waals surface area contributed by atoms with Crippen LogP contribution in [0.5, 0.6) is 0 Å². The Kier molecular flexibility index (Phi) is 6.68. The van der Waals surface area contributed by atoms with Gasteiger partial charge in [-0.15, -0.1) is 5.10 Å². The monoisotopic (exact) mass is 483 g/mol. The lowest BCUT2D eigenvalue weighted by molar-refractivity contribution is -0.148. The van der Waals surface area contributed by atoms with E-state index in [1.54, 1.807) is 36.4 Å². The Morgan fingerprint density at radius 2 is 1.91 bits per heavy atom. The van der Waals surface area contributed by atoms with Gasteiger partial charge in [-0.1, -0.05) is 32.1 Å². The lowest BCUT2D eigenvalue weighted by Gasteiger charge is -2.38. The molecule has 35 heavy (non-hydrogen) atoms. The summed E-state index contributed by atoms with van der Waals surface area (Å²) in [6.07, 6.45) is -0.575. The van der Waals surface area contributed by atoms with Gasteiger partial charge in [-0.05, 0) is 42.0 Å². The van der Waals surface area contributed by atoms with Crippen LogP contribution in [0.2, 0.25) is 0 Å². The third-order valence-corrected chi connectivity index (χ3v) is 6.84. The summed E-state index contributed by atoms with van der Waals surface area (Å²) in [5.74, 6) is -1.52. The molecule has 0 spiro atoms. The fourth-order valence-corrected chi connectivity index (χ4v) is 4.75. The van der Waals surface area contributed by atoms with Gasteiger partial charge in [-0.3, -0.25) is 9.59 Å². The van der Waals surface area contributed by atoms with Gasteiger partial charge in [0.2, 0.25) is 5.91 Å². The van der Waals surface area contributed by atoms with E-state index in [4.69, 9.17) is 4.74 Å². The Labute approximate surface area is 204 Å². The molecule has 1 aromatic carbocycles. The second kappa shape index (κ2) is 9.41. The summed E-state index contributed by atoms with van der Waals surface area (Å²) >= 11 is 0. The number of hydrogen-bond donors (Lipinski definition) is 1. The van der Waals surface area contributed by atoms with Crippen LogP contribution in [0.4, 0.5) is 0 Å². The minimum atomic E-state index is -1.19. The number of aryl methyl sites for hydroxylation is 1. The Morgan fingerprint density at radius 1 is 1.17 bits per heavy atom. The van der Waals surface area contributed by atoms with Gasteiger partial charge in [-0.25, -0.2) is 9.48 Å². The topological polar surface area (TPSA) is 118 Å². The largest absolute Gasteiger partial charge is 0.465 e. The predicted octanol–water partition coefficient (Wildman–Crippen LogP) is 1.50. The number of carbonyl (C=O) groups excluding carboxylic acids is 3. The number of aromatic nitrogens is 3. The van der Waals surface area contributed by atoms with Crippen molar-refractivity contribution >= 4 is 17.8 Å². The highest BCUT2D eigenvalue weighted by molar-refractivity contribution is 5.90. The summed E-state index contributed by atoms with van der Waals surface area (Å²) in [7, 11) is 1.35. The first kappa shape index (κ1) is 24.8. The predicted molar refractivity (Wildman–Crippen MR) is 126 cm³/mol. The maximum absolute atomic E-state index is 13.8. The number of amides is 2. The van der Waals surface area contributed by atoms with Gasteiger partial charge in [0.25, 0.3) is 5.91 Å². The Balaban J connectivity index is 1.60. The molecule has 0 radical (unpaired) electrons. The number of aliphatic hydroxyl groups is 1. The number of carbonyl (C=O) groups is 3. The first-order valence-electron chi connectivity index (χ1n) is 11.9. The molecule has 10 nitrogen and oxygen atoms in total. The third kappa shape index (κ3) is 4.67. The van der Waals surface area contributed by atoms with Crippen molar-refractivity contribution in [3.63, 3.8) is 0 Å². The molecule has 2 aliphatic rings. The van der Waals surface area contributed by atoms with Gasteiger partial charge in [0.1, 0.15) is 11.8 Å². The second-order valence-electron chi connectivity index (χ2n) is 10.3. The zero-order valence-corrected chi connectivity index (χ0v) is 20.9. The highest BCUT2D eigenvalue weighted by Gasteiger charge is 2.42. The Morgan fingerprint density at radius 3 is 2.57 bits per heavy atom. The van der Waals surface area contributed by atoms with Gasteiger partial charge in [0.05, 0.1) is 30.8 Å². The number of rotatable bonds is 4. The molecule has 0 saturated heterocycles. The van der Waals surface area contributed by atoms with E-state index in [2.05, 4.69) is 10.3 Å². The van der Waals surface area contributed by atoms with Crippen molar-refractivity contribution in [2.75, 3.05) is 20.2 Å². The number of fused-ring (bicyclic) bond motifs is 2. The number of methoxy groups -OCH3 is 1. The van der Waals surface area contributed by atoms with E-state index in [0.717, 1.165) is 16.8 Å². The minimum absolute atomic E-state index is 0.103. The van der Waals surface area contributed by atoms with Crippen LogP contribution >= 0.6 is 0 Å². The van der Waals surface area contributed by atoms with Crippen molar-refractivity contribution in [3.8, 4) is 0 Å². The molecule has 0 aliphatic carbocycles. The number of esters is 1. The molecular formula is C25H33N5O5. The van der Waals surface area contributed by atoms with Gasteiger partial charge in [0.15, 0.2) is 0 Å². The molecule has 4 rings (SSSR count). The second-order valence-corrected chi connectivity index (χ2v) is 10.3. The standard InChI is InChI=1S/C25H33N5O5/c1-6-30-20-18(13-29(14-19(20)26-27-30)23(33)21(31)25(2,3)4)22(32)28-10-9-15-11-16(24(34)35-5)7-8-17(15)12-28/h7-8,11,18,21,31H,6,9-10,12-14H2,1-5H3/t18-,21?/m1/s1. The Hall–Kier alpha value is -3.27. The van der Waals surface area contributed by atoms with Crippen LogP contribution in [0.25, 0.3) is 0 Å². The number of benzene rings is 1. The van der Waals surface area contributed by atoms with E-state index in [1.165, 1.54) is 12.0 Å². The molecule has 3 heterocycles. The van der Waals surface area contributed by atoms with Crippen LogP contribution in [-0.4, -0.2) is 74.0 Å². The van der Waals surface area contributed by atoms with Crippen LogP contribution in [-0.2, 0) is 40.4 Å². The zero-order chi connectivity index (χ0) is 25.5. The van der Waals surface area contributed by atoms with Crippen molar-refractivity contribution in [1.29, 1.82) is 0 Å². The third-order valence-electron chi connectivity index (χ3n) is 6.84. The molecule has 10 heteroatoms. The highest BCUT2D eigenvalue weighted by Crippen LogP contribution is 2.32. The van der Waals surface area contributed by atoms with Crippen LogP contribution < -0.4 is 0 Å². The van der Waals surface area contributed by atoms with E-state index in [9.17, 15) is 19.5 Å². The molecule has 1 aromatic heterocycles. The highest BCUT2D eigenvalue weighted by atomic mass is 16.5. The molecule has 1 unspecified atom stereocenters. The maximum Gasteiger partial charge on any atom is 0.337 e. The van der Waals surface area contributed by atoms with Crippen LogP contribution in [0.15, 0.2) is 18.2 Å². The molecule has 2 aromatic rings. The van der Waals surface area contributed by atoms with E-state index < -0.39 is 23.3 Å². The van der Waals surface area contributed by atoms with E-state index >= 15 is 0 Å². The number of nitrogens with zero attached hydrogens (tertiary/aromatic N) is 5. The molecule has 2 amide bonds. The first-order valence-corrected chi connectivity index (χ1v) is 11.9. The summed E-state index contributed by atoms with van der Waals surface area (Å²) < 4.78 is 6.54. The summed E-state index contributed by atoms with van der Waals surface area (Å²) in [5, 5.41) is 19.1. The van der Waals surface area contributed by atoms with Crippen LogP contribution in [0.3, 0.4) is 0 Å². The minimum Gasteiger partial charge on any atom is -0.465 e. The molecule has 2 aliphatic heterocycles. The van der Waals surface area contributed by atoms with E-state index in [1.807, 2.05) is 19.1 Å². The normalized spacial score (nSPS) is 18.5. The Bertz CT molecular complexity index is 1150. The van der Waals surface area contributed by atoms with Crippen molar-refractivity contribution in [2.24, 2.45) is 5.41 Å². The zero-order valence-electron chi connectivity index (χ0n) is 20.9. The van der Waals surface area contributed by atoms with Crippen molar-refractivity contribution in [3.05, 3.63) is 46.3 Å². The molecule has 0 bridgehead atoms. The van der Waals surface area contributed by atoms with Gasteiger partial charge in [0, 0.05) is 26.2 Å². The lowest BCUT2D eigenvalue weighted by Crippen LogP contribution is -2.51. The average molecular weight is 484 g/mol. The SMILES string of the molecule is CCn1nnc2c1[C@H](C(=O)N1CCc3cc(C(=O)OC)ccc3C1)CN(C(=O)C(O)C(C)(C)C)C2.